The Labute approximate surface area is 123 Å². The molecule has 0 heterocycles. The molecule has 0 aliphatic heterocycles. The fourth-order valence-electron chi connectivity index (χ4n) is 1.98. The summed E-state index contributed by atoms with van der Waals surface area (Å²) < 4.78 is 18.4. The van der Waals surface area contributed by atoms with Gasteiger partial charge in [0.15, 0.2) is 0 Å². The zero-order valence-electron chi connectivity index (χ0n) is 11.5. The maximum absolute atomic E-state index is 13.0. The summed E-state index contributed by atoms with van der Waals surface area (Å²) in [6.45, 7) is 1.95. The molecule has 20 heavy (non-hydrogen) atoms. The third kappa shape index (κ3) is 3.52. The van der Waals surface area contributed by atoms with E-state index in [4.69, 9.17) is 10.5 Å². The van der Waals surface area contributed by atoms with E-state index < -0.39 is 0 Å². The average Bonchev–Trinajstić information content (AvgIpc) is 2.46. The van der Waals surface area contributed by atoms with Gasteiger partial charge in [-0.2, -0.15) is 0 Å². The maximum atomic E-state index is 13.0. The molecule has 0 saturated carbocycles. The topological polar surface area (TPSA) is 35.2 Å². The van der Waals surface area contributed by atoms with E-state index in [9.17, 15) is 4.39 Å². The van der Waals surface area contributed by atoms with E-state index in [1.165, 1.54) is 12.1 Å². The molecule has 0 fully saturated rings. The number of nitrogens with two attached hydrogens (primary N) is 1. The second-order valence-electron chi connectivity index (χ2n) is 4.60. The molecular formula is C16H18FNOS. The standard InChI is InChI=1S/C16H18FNOS/c1-11(18)16(12-7-9-13(17)10-8-12)20-15-6-4-3-5-14(15)19-2/h3-11,16H,18H2,1-2H3. The number of benzene rings is 2. The number of methoxy groups -OCH3 is 1. The first kappa shape index (κ1) is 14.9. The Hall–Kier alpha value is -1.52. The van der Waals surface area contributed by atoms with Gasteiger partial charge in [0.25, 0.3) is 0 Å². The van der Waals surface area contributed by atoms with E-state index in [2.05, 4.69) is 0 Å². The highest BCUT2D eigenvalue weighted by Crippen LogP contribution is 2.41. The van der Waals surface area contributed by atoms with E-state index in [-0.39, 0.29) is 17.1 Å². The fourth-order valence-corrected chi connectivity index (χ4v) is 3.19. The Morgan fingerprint density at radius 2 is 1.75 bits per heavy atom. The number of rotatable bonds is 5. The van der Waals surface area contributed by atoms with Crippen LogP contribution in [0.15, 0.2) is 53.4 Å². The van der Waals surface area contributed by atoms with Crippen molar-refractivity contribution in [3.05, 3.63) is 59.9 Å². The van der Waals surface area contributed by atoms with E-state index in [0.29, 0.717) is 0 Å². The smallest absolute Gasteiger partial charge is 0.132 e. The van der Waals surface area contributed by atoms with Crippen molar-refractivity contribution in [3.8, 4) is 5.75 Å². The van der Waals surface area contributed by atoms with E-state index in [1.807, 2.05) is 31.2 Å². The van der Waals surface area contributed by atoms with Crippen molar-refractivity contribution in [3.63, 3.8) is 0 Å². The first-order valence-electron chi connectivity index (χ1n) is 6.42. The van der Waals surface area contributed by atoms with Gasteiger partial charge >= 0.3 is 0 Å². The second-order valence-corrected chi connectivity index (χ2v) is 5.78. The summed E-state index contributed by atoms with van der Waals surface area (Å²) in [6.07, 6.45) is 0. The van der Waals surface area contributed by atoms with Gasteiger partial charge < -0.3 is 10.5 Å². The van der Waals surface area contributed by atoms with Crippen LogP contribution < -0.4 is 10.5 Å². The molecule has 2 nitrogen and oxygen atoms in total. The predicted octanol–water partition coefficient (Wildman–Crippen LogP) is 4.01. The fraction of sp³-hybridized carbons (Fsp3) is 0.250. The zero-order valence-corrected chi connectivity index (χ0v) is 12.4. The lowest BCUT2D eigenvalue weighted by Crippen LogP contribution is -2.22. The summed E-state index contributed by atoms with van der Waals surface area (Å²) in [5.41, 5.74) is 7.10. The van der Waals surface area contributed by atoms with Gasteiger partial charge in [0, 0.05) is 16.2 Å². The SMILES string of the molecule is COc1ccccc1SC(c1ccc(F)cc1)C(C)N. The van der Waals surface area contributed by atoms with Crippen LogP contribution in [0.5, 0.6) is 5.75 Å². The molecule has 2 N–H and O–H groups in total. The van der Waals surface area contributed by atoms with E-state index in [0.717, 1.165) is 16.2 Å². The van der Waals surface area contributed by atoms with Crippen molar-refractivity contribution in [1.82, 2.24) is 0 Å². The number of thioether (sulfide) groups is 1. The van der Waals surface area contributed by atoms with Gasteiger partial charge in [-0.3, -0.25) is 0 Å². The molecule has 0 spiro atoms. The highest BCUT2D eigenvalue weighted by molar-refractivity contribution is 7.99. The van der Waals surface area contributed by atoms with Gasteiger partial charge in [-0.25, -0.2) is 4.39 Å². The Morgan fingerprint density at radius 3 is 2.35 bits per heavy atom. The monoisotopic (exact) mass is 291 g/mol. The van der Waals surface area contributed by atoms with Crippen molar-refractivity contribution >= 4 is 11.8 Å². The van der Waals surface area contributed by atoms with Crippen molar-refractivity contribution in [2.75, 3.05) is 7.11 Å². The molecule has 2 atom stereocenters. The third-order valence-corrected chi connectivity index (χ3v) is 4.55. The summed E-state index contributed by atoms with van der Waals surface area (Å²) in [5.74, 6) is 0.588. The third-order valence-electron chi connectivity index (χ3n) is 3.00. The number of para-hydroxylation sites is 1. The summed E-state index contributed by atoms with van der Waals surface area (Å²) in [7, 11) is 1.65. The summed E-state index contributed by atoms with van der Waals surface area (Å²) in [4.78, 5) is 1.03. The van der Waals surface area contributed by atoms with Crippen LogP contribution in [-0.4, -0.2) is 13.2 Å². The highest BCUT2D eigenvalue weighted by atomic mass is 32.2. The molecule has 0 bridgehead atoms. The molecule has 0 aliphatic carbocycles. The number of ether oxygens (including phenoxy) is 1. The lowest BCUT2D eigenvalue weighted by atomic mass is 10.1. The molecular weight excluding hydrogens is 273 g/mol. The van der Waals surface area contributed by atoms with Crippen LogP contribution in [0.1, 0.15) is 17.7 Å². The number of hydrogen-bond donors (Lipinski definition) is 1. The van der Waals surface area contributed by atoms with Gasteiger partial charge in [0.1, 0.15) is 11.6 Å². The van der Waals surface area contributed by atoms with Gasteiger partial charge in [-0.15, -0.1) is 11.8 Å². The summed E-state index contributed by atoms with van der Waals surface area (Å²) in [6, 6.07) is 14.3. The molecule has 2 aromatic rings. The molecule has 0 aromatic heterocycles. The highest BCUT2D eigenvalue weighted by Gasteiger charge is 2.19. The molecule has 0 amide bonds. The van der Waals surface area contributed by atoms with Crippen molar-refractivity contribution in [2.45, 2.75) is 23.1 Å². The van der Waals surface area contributed by atoms with Crippen LogP contribution in [0.2, 0.25) is 0 Å². The minimum Gasteiger partial charge on any atom is -0.496 e. The second kappa shape index (κ2) is 6.77. The Morgan fingerprint density at radius 1 is 1.10 bits per heavy atom. The van der Waals surface area contributed by atoms with Crippen LogP contribution in [0.3, 0.4) is 0 Å². The molecule has 106 valence electrons. The molecule has 0 aliphatic rings. The molecule has 0 radical (unpaired) electrons. The average molecular weight is 291 g/mol. The Balaban J connectivity index is 2.28. The van der Waals surface area contributed by atoms with Gasteiger partial charge in [-0.1, -0.05) is 24.3 Å². The van der Waals surface area contributed by atoms with Gasteiger partial charge in [0.05, 0.1) is 7.11 Å². The first-order valence-corrected chi connectivity index (χ1v) is 7.30. The van der Waals surface area contributed by atoms with E-state index >= 15 is 0 Å². The zero-order chi connectivity index (χ0) is 14.5. The van der Waals surface area contributed by atoms with Crippen molar-refractivity contribution in [2.24, 2.45) is 5.73 Å². The molecule has 2 rings (SSSR count). The number of hydrogen-bond acceptors (Lipinski definition) is 3. The molecule has 2 aromatic carbocycles. The number of halogens is 1. The lowest BCUT2D eigenvalue weighted by molar-refractivity contribution is 0.404. The lowest BCUT2D eigenvalue weighted by Gasteiger charge is -2.21. The normalized spacial score (nSPS) is 13.8. The first-order chi connectivity index (χ1) is 9.61. The molecule has 0 saturated heterocycles. The van der Waals surface area contributed by atoms with Gasteiger partial charge in [-0.05, 0) is 36.8 Å². The summed E-state index contributed by atoms with van der Waals surface area (Å²) >= 11 is 1.63. The van der Waals surface area contributed by atoms with Crippen molar-refractivity contribution in [1.29, 1.82) is 0 Å². The van der Waals surface area contributed by atoms with Gasteiger partial charge in [0.2, 0.25) is 0 Å². The van der Waals surface area contributed by atoms with Crippen LogP contribution >= 0.6 is 11.8 Å². The van der Waals surface area contributed by atoms with Crippen LogP contribution in [0, 0.1) is 5.82 Å². The van der Waals surface area contributed by atoms with Crippen LogP contribution in [0.25, 0.3) is 0 Å². The molecule has 4 heteroatoms. The maximum Gasteiger partial charge on any atom is 0.132 e. The quantitative estimate of drug-likeness (QED) is 0.845. The van der Waals surface area contributed by atoms with Crippen LogP contribution in [0.4, 0.5) is 4.39 Å². The minimum absolute atomic E-state index is 0.0481. The molecule has 2 unspecified atom stereocenters. The predicted molar refractivity (Wildman–Crippen MR) is 81.6 cm³/mol. The summed E-state index contributed by atoms with van der Waals surface area (Å²) in [5, 5.41) is 0.0481. The Kier molecular flexibility index (Phi) is 5.04. The largest absolute Gasteiger partial charge is 0.496 e. The Bertz CT molecular complexity index is 557. The van der Waals surface area contributed by atoms with Crippen molar-refractivity contribution < 1.29 is 9.13 Å². The van der Waals surface area contributed by atoms with Crippen LogP contribution in [-0.2, 0) is 0 Å². The minimum atomic E-state index is -0.237. The van der Waals surface area contributed by atoms with E-state index in [1.54, 1.807) is 31.0 Å².